The Morgan fingerprint density at radius 2 is 1.89 bits per heavy atom. The number of fused-ring (bicyclic) bond motifs is 2. The zero-order chi connectivity index (χ0) is 19.1. The van der Waals surface area contributed by atoms with E-state index in [0.29, 0.717) is 25.3 Å². The second-order valence-corrected chi connectivity index (χ2v) is 7.81. The van der Waals surface area contributed by atoms with Gasteiger partial charge < -0.3 is 4.90 Å². The lowest BCUT2D eigenvalue weighted by Crippen LogP contribution is -2.52. The molecule has 2 aliphatic rings. The summed E-state index contributed by atoms with van der Waals surface area (Å²) in [7, 11) is 0. The molecule has 0 spiro atoms. The van der Waals surface area contributed by atoms with Gasteiger partial charge in [0.25, 0.3) is 11.5 Å². The monoisotopic (exact) mass is 374 g/mol. The number of pyridine rings is 1. The van der Waals surface area contributed by atoms with Crippen molar-refractivity contribution in [2.75, 3.05) is 13.1 Å². The molecule has 0 N–H and O–H groups in total. The molecule has 1 fully saturated rings. The summed E-state index contributed by atoms with van der Waals surface area (Å²) in [6.07, 6.45) is 4.20. The largest absolute Gasteiger partial charge is 0.336 e. The van der Waals surface area contributed by atoms with Crippen LogP contribution in [0.15, 0.2) is 47.3 Å². The first-order valence-corrected chi connectivity index (χ1v) is 9.92. The number of hydrogen-bond acceptors (Lipinski definition) is 4. The van der Waals surface area contributed by atoms with E-state index in [1.165, 1.54) is 0 Å². The quantitative estimate of drug-likeness (QED) is 0.706. The molecular formula is C22H22N4O2. The fourth-order valence-electron chi connectivity index (χ4n) is 4.17. The summed E-state index contributed by atoms with van der Waals surface area (Å²) >= 11 is 0. The molecule has 142 valence electrons. The molecule has 6 heteroatoms. The maximum atomic E-state index is 12.7. The Morgan fingerprint density at radius 3 is 2.79 bits per heavy atom. The molecule has 0 bridgehead atoms. The van der Waals surface area contributed by atoms with Crippen molar-refractivity contribution in [3.8, 4) is 0 Å². The normalized spacial score (nSPS) is 16.6. The van der Waals surface area contributed by atoms with Gasteiger partial charge in [-0.2, -0.15) is 5.10 Å². The maximum absolute atomic E-state index is 12.7. The summed E-state index contributed by atoms with van der Waals surface area (Å²) in [5, 5.41) is 5.61. The number of carbonyl (C=O) groups is 1. The standard InChI is InChI=1S/C22H22N4O2/c27-21-11-17-6-2-4-8-19(17)24-26(21)14-15-12-25(13-15)22(28)20-10-9-16-5-1-3-7-18(16)23-20/h1,3,5,7,9-11,15H,2,4,6,8,12-14H2. The minimum Gasteiger partial charge on any atom is -0.336 e. The molecule has 5 rings (SSSR count). The van der Waals surface area contributed by atoms with E-state index in [9.17, 15) is 9.59 Å². The van der Waals surface area contributed by atoms with E-state index in [2.05, 4.69) is 10.1 Å². The van der Waals surface area contributed by atoms with E-state index in [-0.39, 0.29) is 17.4 Å². The third-order valence-electron chi connectivity index (χ3n) is 5.77. The van der Waals surface area contributed by atoms with E-state index in [0.717, 1.165) is 47.8 Å². The first kappa shape index (κ1) is 17.1. The van der Waals surface area contributed by atoms with Gasteiger partial charge in [-0.3, -0.25) is 9.59 Å². The fourth-order valence-corrected chi connectivity index (χ4v) is 4.17. The highest BCUT2D eigenvalue weighted by Crippen LogP contribution is 2.22. The van der Waals surface area contributed by atoms with Crippen molar-refractivity contribution in [1.29, 1.82) is 0 Å². The molecule has 0 atom stereocenters. The predicted octanol–water partition coefficient (Wildman–Crippen LogP) is 2.44. The number of benzene rings is 1. The van der Waals surface area contributed by atoms with Crippen LogP contribution in [0.2, 0.25) is 0 Å². The van der Waals surface area contributed by atoms with Crippen LogP contribution in [-0.2, 0) is 19.4 Å². The summed E-state index contributed by atoms with van der Waals surface area (Å²) in [6, 6.07) is 13.3. The molecule has 0 saturated carbocycles. The topological polar surface area (TPSA) is 68.1 Å². The van der Waals surface area contributed by atoms with Gasteiger partial charge in [-0.25, -0.2) is 9.67 Å². The number of rotatable bonds is 3. The molecule has 2 aromatic heterocycles. The van der Waals surface area contributed by atoms with Crippen LogP contribution in [-0.4, -0.2) is 38.7 Å². The molecule has 1 amide bonds. The molecule has 28 heavy (non-hydrogen) atoms. The third-order valence-corrected chi connectivity index (χ3v) is 5.77. The van der Waals surface area contributed by atoms with Crippen LogP contribution in [0.5, 0.6) is 0 Å². The molecule has 1 aromatic carbocycles. The maximum Gasteiger partial charge on any atom is 0.272 e. The molecule has 0 unspecified atom stereocenters. The number of amides is 1. The highest BCUT2D eigenvalue weighted by Gasteiger charge is 2.32. The van der Waals surface area contributed by atoms with E-state index in [1.807, 2.05) is 30.3 Å². The van der Waals surface area contributed by atoms with Crippen LogP contribution in [0, 0.1) is 5.92 Å². The lowest BCUT2D eigenvalue weighted by molar-refractivity contribution is 0.0452. The van der Waals surface area contributed by atoms with Crippen molar-refractivity contribution >= 4 is 16.8 Å². The first-order chi connectivity index (χ1) is 13.7. The van der Waals surface area contributed by atoms with Crippen LogP contribution in [0.25, 0.3) is 10.9 Å². The van der Waals surface area contributed by atoms with Crippen molar-refractivity contribution in [2.45, 2.75) is 32.2 Å². The Labute approximate surface area is 162 Å². The summed E-state index contributed by atoms with van der Waals surface area (Å²) < 4.78 is 1.59. The Morgan fingerprint density at radius 1 is 1.07 bits per heavy atom. The van der Waals surface area contributed by atoms with Crippen molar-refractivity contribution in [1.82, 2.24) is 19.7 Å². The molecule has 0 radical (unpaired) electrons. The van der Waals surface area contributed by atoms with Gasteiger partial charge in [0.1, 0.15) is 5.69 Å². The van der Waals surface area contributed by atoms with Gasteiger partial charge in [-0.15, -0.1) is 0 Å². The average molecular weight is 374 g/mol. The van der Waals surface area contributed by atoms with Gasteiger partial charge in [0.2, 0.25) is 0 Å². The number of likely N-dealkylation sites (tertiary alicyclic amines) is 1. The minimum atomic E-state index is -0.0484. The highest BCUT2D eigenvalue weighted by molar-refractivity contribution is 5.95. The molecule has 1 aliphatic carbocycles. The van der Waals surface area contributed by atoms with Crippen molar-refractivity contribution < 1.29 is 4.79 Å². The summed E-state index contributed by atoms with van der Waals surface area (Å²) in [5.41, 5.74) is 3.46. The number of hydrogen-bond donors (Lipinski definition) is 0. The second-order valence-electron chi connectivity index (χ2n) is 7.81. The number of nitrogens with zero attached hydrogens (tertiary/aromatic N) is 4. The number of para-hydroxylation sites is 1. The van der Waals surface area contributed by atoms with Gasteiger partial charge in [-0.05, 0) is 43.4 Å². The summed E-state index contributed by atoms with van der Waals surface area (Å²) in [5.74, 6) is 0.212. The lowest BCUT2D eigenvalue weighted by atomic mass is 9.96. The van der Waals surface area contributed by atoms with Crippen molar-refractivity contribution in [3.05, 3.63) is 69.8 Å². The Balaban J connectivity index is 1.26. The second kappa shape index (κ2) is 6.86. The van der Waals surface area contributed by atoms with Crippen molar-refractivity contribution in [3.63, 3.8) is 0 Å². The average Bonchev–Trinajstić information content (AvgIpc) is 2.69. The molecule has 1 saturated heterocycles. The van der Waals surface area contributed by atoms with Crippen LogP contribution in [0.4, 0.5) is 0 Å². The number of carbonyl (C=O) groups excluding carboxylic acids is 1. The molecule has 3 heterocycles. The van der Waals surface area contributed by atoms with Crippen LogP contribution < -0.4 is 5.56 Å². The summed E-state index contributed by atoms with van der Waals surface area (Å²) in [4.78, 5) is 31.3. The smallest absolute Gasteiger partial charge is 0.272 e. The van der Waals surface area contributed by atoms with Gasteiger partial charge >= 0.3 is 0 Å². The SMILES string of the molecule is O=C(c1ccc2ccccc2n1)N1CC(Cn2nc3c(cc2=O)CCCC3)C1. The molecular weight excluding hydrogens is 352 g/mol. The Bertz CT molecular complexity index is 1110. The van der Waals surface area contributed by atoms with E-state index in [1.54, 1.807) is 21.7 Å². The Kier molecular flexibility index (Phi) is 4.19. The molecule has 3 aromatic rings. The van der Waals surface area contributed by atoms with Gasteiger partial charge in [0.15, 0.2) is 0 Å². The van der Waals surface area contributed by atoms with Gasteiger partial charge in [0.05, 0.1) is 17.8 Å². The summed E-state index contributed by atoms with van der Waals surface area (Å²) in [6.45, 7) is 1.85. The Hall–Kier alpha value is -3.02. The van der Waals surface area contributed by atoms with Crippen LogP contribution in [0.1, 0.15) is 34.6 Å². The van der Waals surface area contributed by atoms with Crippen LogP contribution in [0.3, 0.4) is 0 Å². The van der Waals surface area contributed by atoms with Gasteiger partial charge in [-0.1, -0.05) is 24.3 Å². The number of aromatic nitrogens is 3. The molecule has 6 nitrogen and oxygen atoms in total. The van der Waals surface area contributed by atoms with Crippen LogP contribution >= 0.6 is 0 Å². The third kappa shape index (κ3) is 3.09. The lowest BCUT2D eigenvalue weighted by Gasteiger charge is -2.39. The highest BCUT2D eigenvalue weighted by atomic mass is 16.2. The first-order valence-electron chi connectivity index (χ1n) is 9.92. The van der Waals surface area contributed by atoms with Crippen molar-refractivity contribution in [2.24, 2.45) is 5.92 Å². The fraction of sp³-hybridized carbons (Fsp3) is 0.364. The minimum absolute atomic E-state index is 0.0263. The predicted molar refractivity (Wildman–Crippen MR) is 106 cm³/mol. The van der Waals surface area contributed by atoms with E-state index >= 15 is 0 Å². The zero-order valence-electron chi connectivity index (χ0n) is 15.7. The van der Waals surface area contributed by atoms with E-state index in [4.69, 9.17) is 0 Å². The zero-order valence-corrected chi connectivity index (χ0v) is 15.7. The number of aryl methyl sites for hydroxylation is 2. The van der Waals surface area contributed by atoms with Gasteiger partial charge in [0, 0.05) is 30.5 Å². The molecule has 1 aliphatic heterocycles. The van der Waals surface area contributed by atoms with E-state index < -0.39 is 0 Å².